The van der Waals surface area contributed by atoms with E-state index < -0.39 is 6.04 Å². The second kappa shape index (κ2) is 17.8. The summed E-state index contributed by atoms with van der Waals surface area (Å²) in [5.41, 5.74) is 10.5. The van der Waals surface area contributed by atoms with Crippen LogP contribution in [0.25, 0.3) is 16.1 Å². The summed E-state index contributed by atoms with van der Waals surface area (Å²) in [7, 11) is 0. The van der Waals surface area contributed by atoms with Crippen LogP contribution in [0.3, 0.4) is 0 Å². The number of ether oxygens (including phenoxy) is 1. The van der Waals surface area contributed by atoms with E-state index in [1.54, 1.807) is 11.3 Å². The van der Waals surface area contributed by atoms with Crippen molar-refractivity contribution in [1.82, 2.24) is 25.1 Å². The number of halogens is 1. The van der Waals surface area contributed by atoms with Crippen molar-refractivity contribution in [3.05, 3.63) is 143 Å². The highest BCUT2D eigenvalue weighted by molar-refractivity contribution is 7.15. The largest absolute Gasteiger partial charge is 0.381 e. The molecule has 2 amide bonds. The average Bonchev–Trinajstić information content (AvgIpc) is 3.73. The summed E-state index contributed by atoms with van der Waals surface area (Å²) in [6.07, 6.45) is 1.82. The minimum absolute atomic E-state index is 0.0385. The molecule has 1 saturated heterocycles. The fraction of sp³-hybridized carbons (Fsp3) is 0.333. The summed E-state index contributed by atoms with van der Waals surface area (Å²) in [6.45, 7) is 16.2. The maximum absolute atomic E-state index is 14.1. The molecule has 2 aliphatic heterocycles. The van der Waals surface area contributed by atoms with Crippen molar-refractivity contribution in [3.63, 3.8) is 0 Å². The molecule has 5 heterocycles. The van der Waals surface area contributed by atoms with Crippen LogP contribution in [0.4, 0.5) is 11.4 Å². The molecular formula is C48H51ClN8O4S. The Balaban J connectivity index is 1.08. The molecule has 8 rings (SSSR count). The zero-order chi connectivity index (χ0) is 43.8. The number of hydrogen-bond donors (Lipinski definition) is 3. The summed E-state index contributed by atoms with van der Waals surface area (Å²) in [5.74, 6) is 0.852. The Morgan fingerprint density at radius 2 is 1.63 bits per heavy atom. The van der Waals surface area contributed by atoms with Gasteiger partial charge in [-0.1, -0.05) is 35.9 Å². The van der Waals surface area contributed by atoms with Gasteiger partial charge in [0.2, 0.25) is 5.91 Å². The molecule has 6 aromatic rings. The van der Waals surface area contributed by atoms with E-state index in [9.17, 15) is 14.4 Å². The summed E-state index contributed by atoms with van der Waals surface area (Å²) in [6, 6.07) is 20.9. The molecule has 0 unspecified atom stereocenters. The Bertz CT molecular complexity index is 2770. The second-order valence-electron chi connectivity index (χ2n) is 16.2. The van der Waals surface area contributed by atoms with E-state index >= 15 is 0 Å². The van der Waals surface area contributed by atoms with Crippen molar-refractivity contribution in [2.75, 3.05) is 30.0 Å². The van der Waals surface area contributed by atoms with E-state index in [2.05, 4.69) is 57.6 Å². The number of carbonyl (C=O) groups excluding carboxylic acids is 2. The van der Waals surface area contributed by atoms with Crippen molar-refractivity contribution in [2.45, 2.75) is 86.4 Å². The topological polar surface area (TPSA) is 147 Å². The normalized spacial score (nSPS) is 15.0. The number of thiophene rings is 1. The van der Waals surface area contributed by atoms with Crippen LogP contribution in [0.5, 0.6) is 0 Å². The summed E-state index contributed by atoms with van der Waals surface area (Å²) in [4.78, 5) is 52.4. The number of nitrogens with zero attached hydrogens (tertiary/aromatic N) is 5. The van der Waals surface area contributed by atoms with Gasteiger partial charge in [0.1, 0.15) is 16.9 Å². The Morgan fingerprint density at radius 3 is 2.32 bits per heavy atom. The minimum Gasteiger partial charge on any atom is -0.381 e. The predicted octanol–water partition coefficient (Wildman–Crippen LogP) is 9.04. The lowest BCUT2D eigenvalue weighted by Gasteiger charge is -2.37. The van der Waals surface area contributed by atoms with Gasteiger partial charge in [0.25, 0.3) is 11.5 Å². The van der Waals surface area contributed by atoms with E-state index in [1.165, 1.54) is 4.88 Å². The van der Waals surface area contributed by atoms with Crippen LogP contribution in [-0.2, 0) is 16.1 Å². The fourth-order valence-electron chi connectivity index (χ4n) is 8.65. The number of aliphatic imine (C=N–C) groups is 1. The van der Waals surface area contributed by atoms with Crippen molar-refractivity contribution in [1.29, 1.82) is 0 Å². The number of rotatable bonds is 11. The van der Waals surface area contributed by atoms with Crippen molar-refractivity contribution in [2.24, 2.45) is 4.99 Å². The molecule has 0 aliphatic carbocycles. The number of benzene rings is 3. The monoisotopic (exact) mass is 870 g/mol. The lowest BCUT2D eigenvalue weighted by molar-refractivity contribution is -0.116. The standard InChI is InChI=1S/C48H51ClN8O4S/c1-8-56(37-17-19-61-20-18-37)41-23-34(22-38(29(41)5)46(59)50-25-39-26(2)21-27(3)51-47(39)60)32-11-15-36(16-12-32)52-42(58)24-40-45-55-54-31(7)57(45)48-43(28(4)30(6)62-48)44(53-40)33-9-13-35(49)14-10-33/h9-16,21-23,37,40H,8,17-20,24-25H2,1-7H3,(H,50,59)(H,51,60)(H,52,58)/t40-/m0/s1. The smallest absolute Gasteiger partial charge is 0.253 e. The van der Waals surface area contributed by atoms with Gasteiger partial charge in [-0.15, -0.1) is 21.5 Å². The van der Waals surface area contributed by atoms with E-state index in [0.717, 1.165) is 86.2 Å². The molecule has 0 saturated carbocycles. The number of fused-ring (bicyclic) bond motifs is 3. The first-order valence-corrected chi connectivity index (χ1v) is 22.2. The lowest BCUT2D eigenvalue weighted by Crippen LogP contribution is -2.40. The predicted molar refractivity (Wildman–Crippen MR) is 248 cm³/mol. The number of aryl methyl sites for hydroxylation is 4. The summed E-state index contributed by atoms with van der Waals surface area (Å²) >= 11 is 7.96. The van der Waals surface area contributed by atoms with Crippen LogP contribution in [0.15, 0.2) is 76.5 Å². The molecule has 1 atom stereocenters. The van der Waals surface area contributed by atoms with Gasteiger partial charge in [-0.2, -0.15) is 0 Å². The summed E-state index contributed by atoms with van der Waals surface area (Å²) < 4.78 is 7.73. The van der Waals surface area contributed by atoms with Gasteiger partial charge < -0.3 is 25.3 Å². The highest BCUT2D eigenvalue weighted by Gasteiger charge is 2.33. The van der Waals surface area contributed by atoms with Crippen molar-refractivity contribution in [3.8, 4) is 16.1 Å². The Labute approximate surface area is 370 Å². The van der Waals surface area contributed by atoms with Crippen LogP contribution in [0, 0.1) is 41.5 Å². The number of anilines is 2. The number of pyridine rings is 1. The van der Waals surface area contributed by atoms with Crippen molar-refractivity contribution < 1.29 is 14.3 Å². The van der Waals surface area contributed by atoms with E-state index in [4.69, 9.17) is 21.3 Å². The molecule has 0 spiro atoms. The highest BCUT2D eigenvalue weighted by Crippen LogP contribution is 2.40. The van der Waals surface area contributed by atoms with Crippen LogP contribution in [0.1, 0.15) is 98.2 Å². The number of nitrogens with one attached hydrogen (secondary N) is 3. The molecule has 3 aromatic heterocycles. The first-order chi connectivity index (χ1) is 29.8. The van der Waals surface area contributed by atoms with E-state index in [0.29, 0.717) is 40.9 Å². The van der Waals surface area contributed by atoms with Gasteiger partial charge in [-0.05, 0) is 132 Å². The third kappa shape index (κ3) is 8.49. The van der Waals surface area contributed by atoms with Crippen LogP contribution in [0.2, 0.25) is 5.02 Å². The Morgan fingerprint density at radius 1 is 0.919 bits per heavy atom. The number of aromatic nitrogens is 4. The van der Waals surface area contributed by atoms with Crippen LogP contribution >= 0.6 is 22.9 Å². The highest BCUT2D eigenvalue weighted by atomic mass is 35.5. The van der Waals surface area contributed by atoms with Gasteiger partial charge in [0, 0.05) is 81.6 Å². The molecule has 3 aromatic carbocycles. The molecule has 0 bridgehead atoms. The number of amides is 2. The quantitative estimate of drug-likeness (QED) is 0.118. The minimum atomic E-state index is -0.610. The first-order valence-electron chi connectivity index (χ1n) is 21.0. The average molecular weight is 872 g/mol. The lowest BCUT2D eigenvalue weighted by atomic mass is 9.95. The second-order valence-corrected chi connectivity index (χ2v) is 17.8. The Kier molecular flexibility index (Phi) is 12.3. The maximum Gasteiger partial charge on any atom is 0.253 e. The molecular weight excluding hydrogens is 820 g/mol. The zero-order valence-corrected chi connectivity index (χ0v) is 37.7. The number of aromatic amines is 1. The SMILES string of the molecule is CCN(c1cc(-c2ccc(NC(=O)C[C@@H]3N=C(c4ccc(Cl)cc4)c4c(sc(C)c4C)-n4c(C)nnc43)cc2)cc(C(=O)NCc2c(C)cc(C)[nH]c2=O)c1C)C1CCOCC1. The molecule has 12 nitrogen and oxygen atoms in total. The Hall–Kier alpha value is -5.89. The molecule has 0 radical (unpaired) electrons. The zero-order valence-electron chi connectivity index (χ0n) is 36.1. The van der Waals surface area contributed by atoms with Crippen molar-refractivity contribution >= 4 is 51.8 Å². The number of carbonyl (C=O) groups is 2. The van der Waals surface area contributed by atoms with E-state index in [-0.39, 0.29) is 36.4 Å². The molecule has 1 fully saturated rings. The van der Waals surface area contributed by atoms with Crippen LogP contribution < -0.4 is 21.1 Å². The van der Waals surface area contributed by atoms with Gasteiger partial charge >= 0.3 is 0 Å². The summed E-state index contributed by atoms with van der Waals surface area (Å²) in [5, 5.41) is 16.7. The third-order valence-corrected chi connectivity index (χ3v) is 13.5. The number of hydrogen-bond acceptors (Lipinski definition) is 9. The van der Waals surface area contributed by atoms with Gasteiger partial charge in [0.15, 0.2) is 5.82 Å². The van der Waals surface area contributed by atoms with Gasteiger partial charge in [-0.25, -0.2) is 0 Å². The molecule has 62 heavy (non-hydrogen) atoms. The molecule has 14 heteroatoms. The third-order valence-electron chi connectivity index (χ3n) is 12.1. The molecule has 2 aliphatic rings. The molecule has 3 N–H and O–H groups in total. The van der Waals surface area contributed by atoms with E-state index in [1.807, 2.05) is 92.9 Å². The maximum atomic E-state index is 14.1. The number of H-pyrrole nitrogens is 1. The fourth-order valence-corrected chi connectivity index (χ4v) is 9.99. The molecule has 320 valence electrons. The van der Waals surface area contributed by atoms with Crippen LogP contribution in [-0.4, -0.2) is 63.1 Å². The van der Waals surface area contributed by atoms with Gasteiger partial charge in [-0.3, -0.25) is 23.9 Å². The van der Waals surface area contributed by atoms with Gasteiger partial charge in [0.05, 0.1) is 12.1 Å². The first kappa shape index (κ1) is 42.8.